The molecule has 1 aromatic rings. The number of aliphatic hydroxyl groups is 1. The molecule has 1 aromatic carbocycles. The summed E-state index contributed by atoms with van der Waals surface area (Å²) >= 11 is 3.20. The van der Waals surface area contributed by atoms with Crippen LogP contribution in [0.2, 0.25) is 0 Å². The van der Waals surface area contributed by atoms with Crippen LogP contribution in [0.4, 0.5) is 4.39 Å². The van der Waals surface area contributed by atoms with Crippen molar-refractivity contribution in [1.82, 2.24) is 5.32 Å². The van der Waals surface area contributed by atoms with Crippen LogP contribution in [0, 0.1) is 11.7 Å². The van der Waals surface area contributed by atoms with Crippen molar-refractivity contribution in [2.45, 2.75) is 19.8 Å². The Balaban J connectivity index is 2.43. The van der Waals surface area contributed by atoms with Crippen LogP contribution in [0.25, 0.3) is 0 Å². The summed E-state index contributed by atoms with van der Waals surface area (Å²) in [7, 11) is 0. The lowest BCUT2D eigenvalue weighted by Gasteiger charge is -2.09. The van der Waals surface area contributed by atoms with E-state index in [4.69, 9.17) is 5.11 Å². The monoisotopic (exact) mass is 317 g/mol. The molecule has 0 fully saturated rings. The molecule has 0 radical (unpaired) electrons. The summed E-state index contributed by atoms with van der Waals surface area (Å²) in [6.07, 6.45) is 1.60. The number of hydrogen-bond donors (Lipinski definition) is 2. The average Bonchev–Trinajstić information content (AvgIpc) is 2.36. The highest BCUT2D eigenvalue weighted by Crippen LogP contribution is 2.15. The van der Waals surface area contributed by atoms with Crippen LogP contribution in [-0.2, 0) is 0 Å². The van der Waals surface area contributed by atoms with Gasteiger partial charge in [0.05, 0.1) is 5.56 Å². The molecule has 0 bridgehead atoms. The molecule has 0 aromatic heterocycles. The number of amides is 1. The summed E-state index contributed by atoms with van der Waals surface area (Å²) in [6.45, 7) is 2.57. The molecule has 1 rings (SSSR count). The number of rotatable bonds is 6. The van der Waals surface area contributed by atoms with E-state index >= 15 is 0 Å². The molecule has 18 heavy (non-hydrogen) atoms. The van der Waals surface area contributed by atoms with Crippen LogP contribution >= 0.6 is 15.9 Å². The molecule has 3 nitrogen and oxygen atoms in total. The van der Waals surface area contributed by atoms with Crippen LogP contribution in [0.1, 0.15) is 30.1 Å². The van der Waals surface area contributed by atoms with Crippen LogP contribution in [0.15, 0.2) is 22.7 Å². The summed E-state index contributed by atoms with van der Waals surface area (Å²) in [6, 6.07) is 4.27. The molecule has 5 heteroatoms. The predicted molar refractivity (Wildman–Crippen MR) is 71.9 cm³/mol. The first kappa shape index (κ1) is 15.1. The van der Waals surface area contributed by atoms with E-state index in [1.165, 1.54) is 12.1 Å². The van der Waals surface area contributed by atoms with Gasteiger partial charge < -0.3 is 10.4 Å². The smallest absolute Gasteiger partial charge is 0.254 e. The molecule has 0 aliphatic heterocycles. The normalized spacial score (nSPS) is 12.2. The Kier molecular flexibility index (Phi) is 6.29. The number of benzene rings is 1. The van der Waals surface area contributed by atoms with E-state index in [2.05, 4.69) is 21.2 Å². The standard InChI is InChI=1S/C13H17BrFNO2/c1-9(8-17)3-2-6-16-13(18)11-7-10(14)4-5-12(11)15/h4-5,7,9,17H,2-3,6,8H2,1H3,(H,16,18). The topological polar surface area (TPSA) is 49.3 Å². The third-order valence-corrected chi connectivity index (χ3v) is 3.14. The largest absolute Gasteiger partial charge is 0.396 e. The molecule has 0 aliphatic rings. The minimum Gasteiger partial charge on any atom is -0.396 e. The van der Waals surface area contributed by atoms with E-state index in [0.717, 1.165) is 12.8 Å². The Morgan fingerprint density at radius 1 is 1.56 bits per heavy atom. The Hall–Kier alpha value is -0.940. The van der Waals surface area contributed by atoms with Gasteiger partial charge in [0, 0.05) is 17.6 Å². The molecule has 0 saturated heterocycles. The third kappa shape index (κ3) is 4.74. The summed E-state index contributed by atoms with van der Waals surface area (Å²) in [5.41, 5.74) is 0.0413. The van der Waals surface area contributed by atoms with E-state index in [1.807, 2.05) is 6.92 Å². The van der Waals surface area contributed by atoms with Crippen molar-refractivity contribution in [3.63, 3.8) is 0 Å². The second kappa shape index (κ2) is 7.48. The summed E-state index contributed by atoms with van der Waals surface area (Å²) in [5, 5.41) is 11.5. The number of carbonyl (C=O) groups excluding carboxylic acids is 1. The van der Waals surface area contributed by atoms with E-state index in [-0.39, 0.29) is 18.1 Å². The van der Waals surface area contributed by atoms with Gasteiger partial charge in [0.1, 0.15) is 5.82 Å². The highest BCUT2D eigenvalue weighted by atomic mass is 79.9. The van der Waals surface area contributed by atoms with Gasteiger partial charge in [-0.05, 0) is 37.0 Å². The fraction of sp³-hybridized carbons (Fsp3) is 0.462. The van der Waals surface area contributed by atoms with Gasteiger partial charge in [-0.25, -0.2) is 4.39 Å². The highest BCUT2D eigenvalue weighted by molar-refractivity contribution is 9.10. The van der Waals surface area contributed by atoms with Crippen LogP contribution in [0.5, 0.6) is 0 Å². The van der Waals surface area contributed by atoms with Crippen molar-refractivity contribution in [3.05, 3.63) is 34.1 Å². The van der Waals surface area contributed by atoms with Crippen LogP contribution < -0.4 is 5.32 Å². The van der Waals surface area contributed by atoms with Gasteiger partial charge in [0.2, 0.25) is 0 Å². The van der Waals surface area contributed by atoms with Crippen molar-refractivity contribution in [3.8, 4) is 0 Å². The van der Waals surface area contributed by atoms with Gasteiger partial charge in [-0.2, -0.15) is 0 Å². The molecule has 1 unspecified atom stereocenters. The first-order chi connectivity index (χ1) is 8.54. The predicted octanol–water partition coefficient (Wildman–Crippen LogP) is 2.73. The molecule has 0 saturated carbocycles. The maximum Gasteiger partial charge on any atom is 0.254 e. The lowest BCUT2D eigenvalue weighted by atomic mass is 10.1. The molecule has 0 aliphatic carbocycles. The Morgan fingerprint density at radius 3 is 2.94 bits per heavy atom. The minimum absolute atomic E-state index is 0.0413. The molecular weight excluding hydrogens is 301 g/mol. The number of aliphatic hydroxyl groups excluding tert-OH is 1. The number of nitrogens with one attached hydrogen (secondary N) is 1. The van der Waals surface area contributed by atoms with Gasteiger partial charge in [-0.15, -0.1) is 0 Å². The fourth-order valence-electron chi connectivity index (χ4n) is 1.51. The molecule has 1 amide bonds. The summed E-state index contributed by atoms with van der Waals surface area (Å²) < 4.78 is 14.1. The minimum atomic E-state index is -0.528. The fourth-order valence-corrected chi connectivity index (χ4v) is 1.87. The first-order valence-corrected chi connectivity index (χ1v) is 6.68. The lowest BCUT2D eigenvalue weighted by molar-refractivity contribution is 0.0948. The highest BCUT2D eigenvalue weighted by Gasteiger charge is 2.11. The number of carbonyl (C=O) groups is 1. The quantitative estimate of drug-likeness (QED) is 0.793. The maximum atomic E-state index is 13.4. The van der Waals surface area contributed by atoms with Crippen molar-refractivity contribution >= 4 is 21.8 Å². The van der Waals surface area contributed by atoms with Crippen molar-refractivity contribution in [2.24, 2.45) is 5.92 Å². The van der Waals surface area contributed by atoms with Gasteiger partial charge >= 0.3 is 0 Å². The maximum absolute atomic E-state index is 13.4. The summed E-state index contributed by atoms with van der Waals surface area (Å²) in [5.74, 6) is -0.714. The van der Waals surface area contributed by atoms with Crippen molar-refractivity contribution in [2.75, 3.05) is 13.2 Å². The lowest BCUT2D eigenvalue weighted by Crippen LogP contribution is -2.25. The second-order valence-corrected chi connectivity index (χ2v) is 5.23. The Bertz CT molecular complexity index is 412. The Labute approximate surface area is 115 Å². The molecule has 0 spiro atoms. The van der Waals surface area contributed by atoms with Gasteiger partial charge in [0.15, 0.2) is 0 Å². The number of halogens is 2. The molecule has 0 heterocycles. The zero-order chi connectivity index (χ0) is 13.5. The van der Waals surface area contributed by atoms with Gasteiger partial charge in [-0.3, -0.25) is 4.79 Å². The summed E-state index contributed by atoms with van der Waals surface area (Å²) in [4.78, 5) is 11.7. The van der Waals surface area contributed by atoms with Gasteiger partial charge in [-0.1, -0.05) is 22.9 Å². The zero-order valence-corrected chi connectivity index (χ0v) is 11.8. The molecule has 100 valence electrons. The zero-order valence-electron chi connectivity index (χ0n) is 10.2. The molecule has 1 atom stereocenters. The third-order valence-electron chi connectivity index (χ3n) is 2.64. The molecule has 2 N–H and O–H groups in total. The van der Waals surface area contributed by atoms with E-state index < -0.39 is 11.7 Å². The van der Waals surface area contributed by atoms with Crippen molar-refractivity contribution in [1.29, 1.82) is 0 Å². The van der Waals surface area contributed by atoms with Crippen LogP contribution in [0.3, 0.4) is 0 Å². The van der Waals surface area contributed by atoms with Gasteiger partial charge in [0.25, 0.3) is 5.91 Å². The van der Waals surface area contributed by atoms with Crippen LogP contribution in [-0.4, -0.2) is 24.2 Å². The van der Waals surface area contributed by atoms with E-state index in [1.54, 1.807) is 6.07 Å². The van der Waals surface area contributed by atoms with E-state index in [0.29, 0.717) is 11.0 Å². The Morgan fingerprint density at radius 2 is 2.28 bits per heavy atom. The average molecular weight is 318 g/mol. The van der Waals surface area contributed by atoms with Crippen molar-refractivity contribution < 1.29 is 14.3 Å². The SMILES string of the molecule is CC(CO)CCCNC(=O)c1cc(Br)ccc1F. The number of hydrogen-bond acceptors (Lipinski definition) is 2. The second-order valence-electron chi connectivity index (χ2n) is 4.31. The molecular formula is C13H17BrFNO2. The first-order valence-electron chi connectivity index (χ1n) is 5.88. The van der Waals surface area contributed by atoms with E-state index in [9.17, 15) is 9.18 Å².